The third-order valence-electron chi connectivity index (χ3n) is 2.42. The highest BCUT2D eigenvalue weighted by atomic mass is 32.2. The highest BCUT2D eigenvalue weighted by Gasteiger charge is 2.15. The third kappa shape index (κ3) is 10.9. The maximum atomic E-state index is 11.2. The molecule has 19 heavy (non-hydrogen) atoms. The van der Waals surface area contributed by atoms with Gasteiger partial charge in [0.05, 0.1) is 13.2 Å². The summed E-state index contributed by atoms with van der Waals surface area (Å²) in [6.07, 6.45) is 3.35. The second-order valence-corrected chi connectivity index (χ2v) is 6.55. The minimum absolute atomic E-state index is 0.326. The number of thioether (sulfide) groups is 1. The van der Waals surface area contributed by atoms with Gasteiger partial charge < -0.3 is 9.47 Å². The summed E-state index contributed by atoms with van der Waals surface area (Å²) in [6.45, 7) is 11.6. The smallest absolute Gasteiger partial charge is 0.437 e. The van der Waals surface area contributed by atoms with Gasteiger partial charge in [-0.05, 0) is 37.4 Å². The number of carbonyl (C=O) groups is 1. The van der Waals surface area contributed by atoms with Crippen molar-refractivity contribution < 1.29 is 14.3 Å². The molecule has 0 aromatic carbocycles. The number of carbonyl (C=O) groups excluding carboxylic acids is 1. The molecule has 0 radical (unpaired) electrons. The van der Waals surface area contributed by atoms with Gasteiger partial charge in [0.15, 0.2) is 0 Å². The van der Waals surface area contributed by atoms with Gasteiger partial charge in [-0.2, -0.15) is 0 Å². The lowest BCUT2D eigenvalue weighted by atomic mass is 9.84. The fourth-order valence-electron chi connectivity index (χ4n) is 1.86. The molecule has 0 saturated carbocycles. The minimum atomic E-state index is -0.588. The number of hydrogen-bond acceptors (Lipinski definition) is 4. The standard InChI is InChI=1S/C14H27NO3S/c1-7-17-12(16)15-13(19-6)18-9-8-11(2)10-14(3,4)5/h11H,7-10H2,1-6H3. The van der Waals surface area contributed by atoms with Gasteiger partial charge in [0, 0.05) is 0 Å². The van der Waals surface area contributed by atoms with Crippen molar-refractivity contribution in [2.45, 2.75) is 47.5 Å². The number of rotatable bonds is 5. The van der Waals surface area contributed by atoms with Gasteiger partial charge in [-0.1, -0.05) is 39.5 Å². The Kier molecular flexibility index (Phi) is 8.89. The molecule has 0 aromatic rings. The summed E-state index contributed by atoms with van der Waals surface area (Å²) in [5, 5.41) is 0.376. The Bertz CT molecular complexity index is 298. The molecule has 0 N–H and O–H groups in total. The van der Waals surface area contributed by atoms with Gasteiger partial charge in [0.1, 0.15) is 0 Å². The van der Waals surface area contributed by atoms with Crippen LogP contribution in [0.1, 0.15) is 47.5 Å². The van der Waals surface area contributed by atoms with E-state index < -0.39 is 6.09 Å². The first-order valence-corrected chi connectivity index (χ1v) is 7.93. The van der Waals surface area contributed by atoms with Crippen LogP contribution in [0.15, 0.2) is 4.99 Å². The van der Waals surface area contributed by atoms with E-state index in [0.29, 0.717) is 29.8 Å². The van der Waals surface area contributed by atoms with Crippen molar-refractivity contribution in [2.24, 2.45) is 16.3 Å². The van der Waals surface area contributed by atoms with Crippen molar-refractivity contribution in [3.63, 3.8) is 0 Å². The van der Waals surface area contributed by atoms with Gasteiger partial charge >= 0.3 is 6.09 Å². The van der Waals surface area contributed by atoms with Gasteiger partial charge in [-0.25, -0.2) is 4.79 Å². The molecular formula is C14H27NO3S. The molecule has 0 aromatic heterocycles. The van der Waals surface area contributed by atoms with Crippen LogP contribution >= 0.6 is 11.8 Å². The van der Waals surface area contributed by atoms with E-state index in [1.54, 1.807) is 6.92 Å². The molecule has 0 fully saturated rings. The Labute approximate surface area is 121 Å². The number of nitrogens with zero attached hydrogens (tertiary/aromatic N) is 1. The largest absolute Gasteiger partial charge is 0.473 e. The number of hydrogen-bond donors (Lipinski definition) is 0. The fourth-order valence-corrected chi connectivity index (χ4v) is 2.23. The SMILES string of the molecule is CCOC(=O)N=C(OCCC(C)CC(C)(C)C)SC. The van der Waals surface area contributed by atoms with E-state index in [1.807, 2.05) is 6.26 Å². The van der Waals surface area contributed by atoms with E-state index in [1.165, 1.54) is 11.8 Å². The van der Waals surface area contributed by atoms with Crippen LogP contribution in [0.3, 0.4) is 0 Å². The second-order valence-electron chi connectivity index (χ2n) is 5.79. The summed E-state index contributed by atoms with van der Waals surface area (Å²) >= 11 is 1.32. The van der Waals surface area contributed by atoms with Gasteiger partial charge in [-0.3, -0.25) is 0 Å². The summed E-state index contributed by atoms with van der Waals surface area (Å²) in [6, 6.07) is 0. The summed E-state index contributed by atoms with van der Waals surface area (Å²) < 4.78 is 10.3. The highest BCUT2D eigenvalue weighted by molar-refractivity contribution is 8.13. The van der Waals surface area contributed by atoms with Crippen molar-refractivity contribution in [2.75, 3.05) is 19.5 Å². The maximum Gasteiger partial charge on any atom is 0.437 e. The van der Waals surface area contributed by atoms with E-state index in [9.17, 15) is 4.79 Å². The quantitative estimate of drug-likeness (QED) is 0.558. The normalized spacial score (nSPS) is 14.1. The van der Waals surface area contributed by atoms with Crippen LogP contribution in [0.25, 0.3) is 0 Å². The van der Waals surface area contributed by atoms with Crippen LogP contribution in [-0.2, 0) is 9.47 Å². The molecule has 0 bridgehead atoms. The van der Waals surface area contributed by atoms with Crippen LogP contribution < -0.4 is 0 Å². The summed E-state index contributed by atoms with van der Waals surface area (Å²) in [7, 11) is 0. The molecular weight excluding hydrogens is 262 g/mol. The van der Waals surface area contributed by atoms with Crippen molar-refractivity contribution in [1.82, 2.24) is 0 Å². The molecule has 0 heterocycles. The van der Waals surface area contributed by atoms with E-state index in [0.717, 1.165) is 12.8 Å². The molecule has 0 aliphatic carbocycles. The molecule has 0 aliphatic heterocycles. The Morgan fingerprint density at radius 3 is 2.42 bits per heavy atom. The molecule has 112 valence electrons. The molecule has 5 heteroatoms. The number of ether oxygens (including phenoxy) is 2. The average Bonchev–Trinajstić information content (AvgIpc) is 2.25. The van der Waals surface area contributed by atoms with Crippen LogP contribution in [0.5, 0.6) is 0 Å². The van der Waals surface area contributed by atoms with Gasteiger partial charge in [0.25, 0.3) is 5.23 Å². The number of amides is 1. The average molecular weight is 289 g/mol. The van der Waals surface area contributed by atoms with Crippen molar-refractivity contribution >= 4 is 23.1 Å². The predicted molar refractivity (Wildman–Crippen MR) is 81.8 cm³/mol. The molecule has 0 spiro atoms. The monoisotopic (exact) mass is 289 g/mol. The molecule has 1 atom stereocenters. The van der Waals surface area contributed by atoms with E-state index >= 15 is 0 Å². The lowest BCUT2D eigenvalue weighted by Crippen LogP contribution is -2.14. The first-order chi connectivity index (χ1) is 8.78. The van der Waals surface area contributed by atoms with E-state index in [4.69, 9.17) is 9.47 Å². The van der Waals surface area contributed by atoms with Crippen LogP contribution in [0.2, 0.25) is 0 Å². The Balaban J connectivity index is 4.05. The van der Waals surface area contributed by atoms with Crippen molar-refractivity contribution in [3.05, 3.63) is 0 Å². The lowest BCUT2D eigenvalue weighted by Gasteiger charge is -2.23. The molecule has 0 rings (SSSR count). The first-order valence-electron chi connectivity index (χ1n) is 6.70. The van der Waals surface area contributed by atoms with E-state index in [-0.39, 0.29) is 0 Å². The summed E-state index contributed by atoms with van der Waals surface area (Å²) in [4.78, 5) is 14.9. The van der Waals surface area contributed by atoms with E-state index in [2.05, 4.69) is 32.7 Å². The van der Waals surface area contributed by atoms with Gasteiger partial charge in [-0.15, -0.1) is 4.99 Å². The number of aliphatic imine (C=N–C) groups is 1. The zero-order valence-electron chi connectivity index (χ0n) is 13.0. The summed E-state index contributed by atoms with van der Waals surface area (Å²) in [5.74, 6) is 0.589. The van der Waals surface area contributed by atoms with Gasteiger partial charge in [0.2, 0.25) is 0 Å². The zero-order chi connectivity index (χ0) is 14.9. The second kappa shape index (κ2) is 9.23. The molecule has 0 saturated heterocycles. The van der Waals surface area contributed by atoms with Crippen LogP contribution in [0.4, 0.5) is 4.79 Å². The highest BCUT2D eigenvalue weighted by Crippen LogP contribution is 2.25. The third-order valence-corrected chi connectivity index (χ3v) is 2.98. The Morgan fingerprint density at radius 2 is 1.95 bits per heavy atom. The summed E-state index contributed by atoms with van der Waals surface area (Å²) in [5.41, 5.74) is 0.334. The molecule has 0 aliphatic rings. The minimum Gasteiger partial charge on any atom is -0.473 e. The Morgan fingerprint density at radius 1 is 1.32 bits per heavy atom. The van der Waals surface area contributed by atoms with Crippen LogP contribution in [-0.4, -0.2) is 30.8 Å². The molecule has 1 amide bonds. The predicted octanol–water partition coefficient (Wildman–Crippen LogP) is 4.34. The van der Waals surface area contributed by atoms with Crippen LogP contribution in [0, 0.1) is 11.3 Å². The Hall–Kier alpha value is -0.710. The molecule has 4 nitrogen and oxygen atoms in total. The zero-order valence-corrected chi connectivity index (χ0v) is 13.8. The first kappa shape index (κ1) is 18.3. The van der Waals surface area contributed by atoms with Crippen molar-refractivity contribution in [1.29, 1.82) is 0 Å². The maximum absolute atomic E-state index is 11.2. The van der Waals surface area contributed by atoms with Crippen molar-refractivity contribution in [3.8, 4) is 0 Å². The topological polar surface area (TPSA) is 47.9 Å². The lowest BCUT2D eigenvalue weighted by molar-refractivity contribution is 0.162. The fraction of sp³-hybridized carbons (Fsp3) is 0.857. The molecule has 1 unspecified atom stereocenters.